The molecule has 350 valence electrons. The van der Waals surface area contributed by atoms with Crippen molar-refractivity contribution in [3.05, 3.63) is 107 Å². The molecule has 7 heterocycles. The SMILES string of the molecule is O=C(c1c(F)ccc(NS(=O)(=O)N2CCCC2)c1F)c1c[nH]c2ncc(-c3ccc(N4CCCN(C(=O)CN5CCC(c6ccc(NC78CC(C7)C(=O)NC8=O)cc6)CC5)CCC4)cc3)cc12. The highest BCUT2D eigenvalue weighted by Crippen LogP contribution is 2.44. The number of carbonyl (C=O) groups is 4. The second-order valence-corrected chi connectivity index (χ2v) is 20.2. The predicted molar refractivity (Wildman–Crippen MR) is 250 cm³/mol. The van der Waals surface area contributed by atoms with Gasteiger partial charge in [-0.15, -0.1) is 0 Å². The third-order valence-corrected chi connectivity index (χ3v) is 15.8. The predicted octanol–water partition coefficient (Wildman–Crippen LogP) is 6.02. The highest BCUT2D eigenvalue weighted by atomic mass is 32.2. The minimum Gasteiger partial charge on any atom is -0.371 e. The molecule has 6 aliphatic rings. The van der Waals surface area contributed by atoms with Crippen LogP contribution in [-0.4, -0.2) is 120 Å². The van der Waals surface area contributed by atoms with Crippen LogP contribution in [0.2, 0.25) is 0 Å². The van der Waals surface area contributed by atoms with Crippen molar-refractivity contribution in [1.29, 1.82) is 0 Å². The molecule has 0 unspecified atom stereocenters. The van der Waals surface area contributed by atoms with E-state index in [2.05, 4.69) is 47.3 Å². The largest absolute Gasteiger partial charge is 0.371 e. The number of hydrogen-bond donors (Lipinski definition) is 4. The van der Waals surface area contributed by atoms with Crippen molar-refractivity contribution in [2.75, 3.05) is 73.8 Å². The number of aromatic amines is 1. The fourth-order valence-corrected chi connectivity index (χ4v) is 11.7. The van der Waals surface area contributed by atoms with E-state index in [1.807, 2.05) is 41.3 Å². The molecule has 3 amide bonds. The van der Waals surface area contributed by atoms with E-state index in [1.165, 1.54) is 16.1 Å². The normalized spacial score (nSPS) is 22.0. The Balaban J connectivity index is 0.712. The summed E-state index contributed by atoms with van der Waals surface area (Å²) in [5.41, 5.74) is 2.98. The lowest BCUT2D eigenvalue weighted by atomic mass is 9.64. The van der Waals surface area contributed by atoms with Crippen LogP contribution >= 0.6 is 0 Å². The molecule has 0 atom stereocenters. The van der Waals surface area contributed by atoms with E-state index in [0.29, 0.717) is 67.8 Å². The van der Waals surface area contributed by atoms with Crippen molar-refractivity contribution in [2.24, 2.45) is 5.92 Å². The highest BCUT2D eigenvalue weighted by Gasteiger charge is 2.57. The number of ketones is 1. The molecule has 1 aliphatic carbocycles. The number of nitrogens with zero attached hydrogens (tertiary/aromatic N) is 5. The third kappa shape index (κ3) is 8.89. The summed E-state index contributed by atoms with van der Waals surface area (Å²) in [6.07, 6.45) is 9.04. The second kappa shape index (κ2) is 18.1. The first-order valence-electron chi connectivity index (χ1n) is 23.2. The van der Waals surface area contributed by atoms with Crippen LogP contribution in [-0.2, 0) is 24.6 Å². The number of H-pyrrole nitrogens is 1. The number of rotatable bonds is 12. The molecule has 0 radical (unpaired) electrons. The number of benzene rings is 3. The topological polar surface area (TPSA) is 180 Å². The van der Waals surface area contributed by atoms with Crippen LogP contribution in [0.3, 0.4) is 0 Å². The van der Waals surface area contributed by atoms with E-state index in [9.17, 15) is 27.6 Å². The van der Waals surface area contributed by atoms with Crippen LogP contribution in [0.5, 0.6) is 0 Å². The number of nitrogens with one attached hydrogen (secondary N) is 4. The Bertz CT molecular complexity index is 2830. The molecule has 67 heavy (non-hydrogen) atoms. The van der Waals surface area contributed by atoms with E-state index < -0.39 is 44.4 Å². The number of fused-ring (bicyclic) bond motifs is 3. The highest BCUT2D eigenvalue weighted by molar-refractivity contribution is 7.90. The van der Waals surface area contributed by atoms with Gasteiger partial charge >= 0.3 is 10.2 Å². The Hall–Kier alpha value is -6.24. The average molecular weight is 934 g/mol. The Morgan fingerprint density at radius 1 is 0.806 bits per heavy atom. The zero-order valence-corrected chi connectivity index (χ0v) is 37.8. The van der Waals surface area contributed by atoms with Crippen molar-refractivity contribution in [3.63, 3.8) is 0 Å². The number of aromatic nitrogens is 2. The maximum absolute atomic E-state index is 15.8. The lowest BCUT2D eigenvalue weighted by Crippen LogP contribution is -2.69. The zero-order valence-electron chi connectivity index (χ0n) is 37.0. The number of piperidine rings is 3. The first-order valence-corrected chi connectivity index (χ1v) is 24.6. The fourth-order valence-electron chi connectivity index (χ4n) is 10.4. The van der Waals surface area contributed by atoms with Crippen LogP contribution in [0.4, 0.5) is 25.8 Å². The monoisotopic (exact) mass is 933 g/mol. The van der Waals surface area contributed by atoms with Crippen LogP contribution in [0.25, 0.3) is 22.2 Å². The quantitative estimate of drug-likeness (QED) is 0.0855. The Morgan fingerprint density at radius 3 is 2.19 bits per heavy atom. The number of likely N-dealkylation sites (tertiary alicyclic amines) is 1. The molecular weight excluding hydrogens is 881 g/mol. The van der Waals surface area contributed by atoms with Gasteiger partial charge in [-0.25, -0.2) is 13.8 Å². The van der Waals surface area contributed by atoms with Crippen LogP contribution in [0, 0.1) is 17.6 Å². The first kappa shape index (κ1) is 44.6. The molecule has 1 saturated carbocycles. The van der Waals surface area contributed by atoms with Gasteiger partial charge < -0.3 is 20.1 Å². The number of carbonyl (C=O) groups excluding carboxylic acids is 4. The molecule has 18 heteroatoms. The summed E-state index contributed by atoms with van der Waals surface area (Å²) in [5, 5.41) is 6.21. The van der Waals surface area contributed by atoms with Gasteiger partial charge in [0, 0.05) is 85.5 Å². The second-order valence-electron chi connectivity index (χ2n) is 18.6. The van der Waals surface area contributed by atoms with Crippen LogP contribution in [0.15, 0.2) is 79.1 Å². The smallest absolute Gasteiger partial charge is 0.301 e. The fraction of sp³-hybridized carbons (Fsp3) is 0.408. The first-order chi connectivity index (χ1) is 32.3. The van der Waals surface area contributed by atoms with Crippen molar-refractivity contribution in [3.8, 4) is 11.1 Å². The van der Waals surface area contributed by atoms with Gasteiger partial charge in [0.15, 0.2) is 5.82 Å². The summed E-state index contributed by atoms with van der Waals surface area (Å²) in [6.45, 7) is 5.62. The number of amides is 3. The zero-order chi connectivity index (χ0) is 46.5. The third-order valence-electron chi connectivity index (χ3n) is 14.3. The average Bonchev–Trinajstić information content (AvgIpc) is 4.01. The summed E-state index contributed by atoms with van der Waals surface area (Å²) < 4.78 is 60.0. The van der Waals surface area contributed by atoms with Crippen molar-refractivity contribution >= 4 is 61.8 Å². The summed E-state index contributed by atoms with van der Waals surface area (Å²) in [4.78, 5) is 65.6. The van der Waals surface area contributed by atoms with E-state index in [1.54, 1.807) is 12.3 Å². The minimum atomic E-state index is -4.09. The molecular formula is C49H53F2N9O6S. The Kier molecular flexibility index (Phi) is 12.0. The summed E-state index contributed by atoms with van der Waals surface area (Å²) in [7, 11) is -4.09. The van der Waals surface area contributed by atoms with Crippen LogP contribution in [0.1, 0.15) is 78.8 Å². The van der Waals surface area contributed by atoms with Gasteiger partial charge in [-0.05, 0) is 124 Å². The maximum atomic E-state index is 15.8. The van der Waals surface area contributed by atoms with E-state index in [4.69, 9.17) is 0 Å². The van der Waals surface area contributed by atoms with Crippen molar-refractivity contribution < 1.29 is 36.4 Å². The van der Waals surface area contributed by atoms with Gasteiger partial charge in [-0.2, -0.15) is 12.7 Å². The van der Waals surface area contributed by atoms with Gasteiger partial charge in [0.25, 0.3) is 5.91 Å². The number of anilines is 3. The van der Waals surface area contributed by atoms with E-state index in [0.717, 1.165) is 80.9 Å². The lowest BCUT2D eigenvalue weighted by Gasteiger charge is -2.50. The number of hydrogen-bond acceptors (Lipinski definition) is 10. The molecule has 4 N–H and O–H groups in total. The van der Waals surface area contributed by atoms with Gasteiger partial charge in [0.2, 0.25) is 17.6 Å². The number of pyridine rings is 1. The molecule has 6 fully saturated rings. The van der Waals surface area contributed by atoms with E-state index >= 15 is 8.78 Å². The van der Waals surface area contributed by atoms with Gasteiger partial charge in [0.1, 0.15) is 17.0 Å². The molecule has 0 spiro atoms. The summed E-state index contributed by atoms with van der Waals surface area (Å²) >= 11 is 0. The maximum Gasteiger partial charge on any atom is 0.301 e. The summed E-state index contributed by atoms with van der Waals surface area (Å²) in [6, 6.07) is 19.9. The van der Waals surface area contributed by atoms with Crippen molar-refractivity contribution in [1.82, 2.24) is 29.4 Å². The van der Waals surface area contributed by atoms with Gasteiger partial charge in [-0.1, -0.05) is 24.3 Å². The van der Waals surface area contributed by atoms with Gasteiger partial charge in [-0.3, -0.25) is 34.1 Å². The molecule has 3 aromatic carbocycles. The van der Waals surface area contributed by atoms with Gasteiger partial charge in [0.05, 0.1) is 17.8 Å². The minimum absolute atomic E-state index is 0.00557. The Morgan fingerprint density at radius 2 is 1.51 bits per heavy atom. The molecule has 2 aromatic heterocycles. The van der Waals surface area contributed by atoms with E-state index in [-0.39, 0.29) is 42.3 Å². The molecule has 5 aliphatic heterocycles. The standard InChI is InChI=1S/C49H53F2N9O6S/c50-40-13-14-41(56-67(65,66)60-21-1-2-22-60)44(51)43(40)45(62)39-29-53-46-38(39)25-34(28-52-46)32-7-11-37(12-8-32)58-17-3-19-59(20-4-18-58)42(61)30-57-23-15-33(16-24-57)31-5-9-36(10-6-31)55-49-26-35(27-49)47(63)54-48(49)64/h5-14,25,28-29,33,35,55-56H,1-4,15-24,26-27,30H2,(H,52,53)(H,54,63,64). The Labute approximate surface area is 387 Å². The number of imide groups is 1. The van der Waals surface area contributed by atoms with Crippen molar-refractivity contribution in [2.45, 2.75) is 62.8 Å². The summed E-state index contributed by atoms with van der Waals surface area (Å²) in [5.74, 6) is -3.28. The molecule has 11 rings (SSSR count). The molecule has 2 bridgehead atoms. The lowest BCUT2D eigenvalue weighted by molar-refractivity contribution is -0.149. The molecule has 5 aromatic rings. The van der Waals surface area contributed by atoms with Crippen LogP contribution < -0.4 is 20.3 Å². The molecule has 15 nitrogen and oxygen atoms in total. The molecule has 5 saturated heterocycles. The number of halogens is 2.